The van der Waals surface area contributed by atoms with Gasteiger partial charge in [-0.1, -0.05) is 0 Å². The largest absolute Gasteiger partial charge is 0.471 e. The summed E-state index contributed by atoms with van der Waals surface area (Å²) in [7, 11) is 0. The third-order valence-corrected chi connectivity index (χ3v) is 5.16. The molecule has 7 nitrogen and oxygen atoms in total. The second-order valence-corrected chi connectivity index (χ2v) is 7.26. The van der Waals surface area contributed by atoms with E-state index < -0.39 is 0 Å². The lowest BCUT2D eigenvalue weighted by molar-refractivity contribution is 0.122. The molecule has 1 saturated heterocycles. The van der Waals surface area contributed by atoms with E-state index in [0.29, 0.717) is 12.4 Å². The average molecular weight is 351 g/mol. The van der Waals surface area contributed by atoms with E-state index in [1.54, 1.807) is 6.33 Å². The average Bonchev–Trinajstić information content (AvgIpc) is 3.25. The molecule has 1 aliphatic carbocycles. The quantitative estimate of drug-likeness (QED) is 0.839. The summed E-state index contributed by atoms with van der Waals surface area (Å²) in [5.74, 6) is 1.59. The lowest BCUT2D eigenvalue weighted by Gasteiger charge is -2.27. The van der Waals surface area contributed by atoms with Crippen LogP contribution in [-0.4, -0.2) is 52.6 Å². The van der Waals surface area contributed by atoms with E-state index in [1.165, 1.54) is 0 Å². The summed E-state index contributed by atoms with van der Waals surface area (Å²) in [6.07, 6.45) is 5.66. The number of nitrogens with zero attached hydrogens (tertiary/aromatic N) is 5. The van der Waals surface area contributed by atoms with Gasteiger partial charge < -0.3 is 14.4 Å². The van der Waals surface area contributed by atoms with E-state index in [4.69, 9.17) is 14.5 Å². The molecule has 26 heavy (non-hydrogen) atoms. The zero-order chi connectivity index (χ0) is 17.6. The predicted octanol–water partition coefficient (Wildman–Crippen LogP) is 1.99. The molecule has 0 N–H and O–H groups in total. The lowest BCUT2D eigenvalue weighted by atomic mass is 10.1. The maximum Gasteiger partial charge on any atom is 0.214 e. The Balaban J connectivity index is 1.44. The van der Waals surface area contributed by atoms with Crippen LogP contribution in [0.5, 0.6) is 5.88 Å². The van der Waals surface area contributed by atoms with Gasteiger partial charge in [-0.2, -0.15) is 0 Å². The van der Waals surface area contributed by atoms with Gasteiger partial charge in [-0.25, -0.2) is 15.0 Å². The van der Waals surface area contributed by atoms with Gasteiger partial charge in [-0.05, 0) is 19.8 Å². The van der Waals surface area contributed by atoms with Crippen LogP contribution in [0.25, 0.3) is 0 Å². The van der Waals surface area contributed by atoms with Crippen LogP contribution in [0.2, 0.25) is 0 Å². The molecule has 0 amide bonds. The zero-order valence-corrected chi connectivity index (χ0v) is 14.8. The topological polar surface area (TPSA) is 72.7 Å². The number of ether oxygens (including phenoxy) is 2. The van der Waals surface area contributed by atoms with Gasteiger partial charge in [0.05, 0.1) is 31.2 Å². The number of anilines is 1. The van der Waals surface area contributed by atoms with Crippen LogP contribution in [-0.2, 0) is 11.3 Å². The summed E-state index contributed by atoms with van der Waals surface area (Å²) in [5, 5.41) is 0. The van der Waals surface area contributed by atoms with Gasteiger partial charge in [-0.15, -0.1) is 0 Å². The fourth-order valence-electron chi connectivity index (χ4n) is 3.31. The number of pyridine rings is 1. The molecule has 2 aliphatic heterocycles. The molecule has 2 aromatic rings. The molecule has 3 aliphatic rings. The smallest absolute Gasteiger partial charge is 0.214 e. The molecule has 0 spiro atoms. The van der Waals surface area contributed by atoms with Crippen molar-refractivity contribution in [3.8, 4) is 5.88 Å². The first-order chi connectivity index (χ1) is 12.7. The third-order valence-electron chi connectivity index (χ3n) is 5.16. The van der Waals surface area contributed by atoms with Crippen molar-refractivity contribution in [3.05, 3.63) is 41.5 Å². The number of morpholine rings is 1. The standard InChI is InChI=1S/C19H21N5O2/c1-19(2-3-19)26-17-8-14-13(10-20-17)11-21-18(14)15-9-16(23-12-22-15)24-4-6-25-7-5-24/h8-10,12H,2-7,11H2,1H3. The second kappa shape index (κ2) is 6.02. The molecule has 0 radical (unpaired) electrons. The number of aromatic nitrogens is 3. The van der Waals surface area contributed by atoms with Crippen molar-refractivity contribution in [3.63, 3.8) is 0 Å². The summed E-state index contributed by atoms with van der Waals surface area (Å²) in [4.78, 5) is 20.3. The first kappa shape index (κ1) is 15.7. The molecular weight excluding hydrogens is 330 g/mol. The highest BCUT2D eigenvalue weighted by Gasteiger charge is 2.40. The Hall–Kier alpha value is -2.54. The van der Waals surface area contributed by atoms with E-state index in [9.17, 15) is 0 Å². The molecule has 4 heterocycles. The fraction of sp³-hybridized carbons (Fsp3) is 0.474. The minimum atomic E-state index is -0.0461. The molecule has 2 aromatic heterocycles. The van der Waals surface area contributed by atoms with E-state index in [2.05, 4.69) is 26.8 Å². The molecule has 0 atom stereocenters. The predicted molar refractivity (Wildman–Crippen MR) is 96.9 cm³/mol. The number of aliphatic imine (C=N–C) groups is 1. The van der Waals surface area contributed by atoms with Gasteiger partial charge in [0.25, 0.3) is 0 Å². The monoisotopic (exact) mass is 351 g/mol. The van der Waals surface area contributed by atoms with Gasteiger partial charge in [0.2, 0.25) is 5.88 Å². The van der Waals surface area contributed by atoms with E-state index >= 15 is 0 Å². The summed E-state index contributed by atoms with van der Waals surface area (Å²) < 4.78 is 11.4. The number of hydrogen-bond donors (Lipinski definition) is 0. The minimum absolute atomic E-state index is 0.0461. The van der Waals surface area contributed by atoms with Crippen LogP contribution in [0.3, 0.4) is 0 Å². The Morgan fingerprint density at radius 1 is 1.12 bits per heavy atom. The third kappa shape index (κ3) is 2.92. The van der Waals surface area contributed by atoms with Crippen molar-refractivity contribution in [2.24, 2.45) is 4.99 Å². The second-order valence-electron chi connectivity index (χ2n) is 7.26. The molecule has 0 aromatic carbocycles. The van der Waals surface area contributed by atoms with Crippen LogP contribution >= 0.6 is 0 Å². The fourth-order valence-corrected chi connectivity index (χ4v) is 3.31. The highest BCUT2D eigenvalue weighted by Crippen LogP contribution is 2.39. The first-order valence-electron chi connectivity index (χ1n) is 9.08. The molecule has 7 heteroatoms. The zero-order valence-electron chi connectivity index (χ0n) is 14.8. The van der Waals surface area contributed by atoms with Crippen molar-refractivity contribution >= 4 is 11.5 Å². The van der Waals surface area contributed by atoms with Crippen LogP contribution in [0.4, 0.5) is 5.82 Å². The Labute approximate surface area is 152 Å². The van der Waals surface area contributed by atoms with Crippen molar-refractivity contribution in [2.75, 3.05) is 31.2 Å². The Kier molecular flexibility index (Phi) is 3.63. The van der Waals surface area contributed by atoms with Crippen molar-refractivity contribution in [2.45, 2.75) is 31.9 Å². The van der Waals surface area contributed by atoms with E-state index in [1.807, 2.05) is 18.3 Å². The summed E-state index contributed by atoms with van der Waals surface area (Å²) in [5.41, 5.74) is 3.86. The van der Waals surface area contributed by atoms with Crippen molar-refractivity contribution in [1.82, 2.24) is 15.0 Å². The normalized spacial score (nSPS) is 20.5. The number of hydrogen-bond acceptors (Lipinski definition) is 7. The van der Waals surface area contributed by atoms with Crippen LogP contribution < -0.4 is 9.64 Å². The van der Waals surface area contributed by atoms with Crippen LogP contribution in [0, 0.1) is 0 Å². The number of fused-ring (bicyclic) bond motifs is 1. The summed E-state index contributed by atoms with van der Waals surface area (Å²) >= 11 is 0. The van der Waals surface area contributed by atoms with Gasteiger partial charge in [0, 0.05) is 42.5 Å². The van der Waals surface area contributed by atoms with Crippen LogP contribution in [0.1, 0.15) is 36.6 Å². The molecule has 5 rings (SSSR count). The van der Waals surface area contributed by atoms with Crippen molar-refractivity contribution in [1.29, 1.82) is 0 Å². The first-order valence-corrected chi connectivity index (χ1v) is 9.08. The van der Waals surface area contributed by atoms with Gasteiger partial charge >= 0.3 is 0 Å². The van der Waals surface area contributed by atoms with Gasteiger partial charge in [-0.3, -0.25) is 4.99 Å². The molecule has 0 bridgehead atoms. The highest BCUT2D eigenvalue weighted by atomic mass is 16.5. The Morgan fingerprint density at radius 3 is 2.77 bits per heavy atom. The maximum absolute atomic E-state index is 6.02. The van der Waals surface area contributed by atoms with E-state index in [0.717, 1.165) is 67.5 Å². The SMILES string of the molecule is CC1(Oc2cc3c(cn2)CN=C3c2cc(N3CCOCC3)ncn2)CC1. The Morgan fingerprint density at radius 2 is 1.96 bits per heavy atom. The molecule has 134 valence electrons. The molecule has 0 unspecified atom stereocenters. The van der Waals surface area contributed by atoms with Crippen LogP contribution in [0.15, 0.2) is 29.6 Å². The molecular formula is C19H21N5O2. The maximum atomic E-state index is 6.02. The van der Waals surface area contributed by atoms with Crippen molar-refractivity contribution < 1.29 is 9.47 Å². The van der Waals surface area contributed by atoms with E-state index in [-0.39, 0.29) is 5.60 Å². The number of rotatable bonds is 4. The Bertz CT molecular complexity index is 872. The highest BCUT2D eigenvalue weighted by molar-refractivity contribution is 6.14. The van der Waals surface area contributed by atoms with Gasteiger partial charge in [0.1, 0.15) is 17.7 Å². The minimum Gasteiger partial charge on any atom is -0.471 e. The summed E-state index contributed by atoms with van der Waals surface area (Å²) in [6.45, 7) is 5.91. The lowest BCUT2D eigenvalue weighted by Crippen LogP contribution is -2.36. The summed E-state index contributed by atoms with van der Waals surface area (Å²) in [6, 6.07) is 4.02. The molecule has 1 saturated carbocycles. The van der Waals surface area contributed by atoms with Gasteiger partial charge in [0.15, 0.2) is 0 Å². The molecule has 2 fully saturated rings.